The van der Waals surface area contributed by atoms with Crippen molar-refractivity contribution < 1.29 is 19.4 Å². The van der Waals surface area contributed by atoms with Gasteiger partial charge in [-0.1, -0.05) is 18.2 Å². The van der Waals surface area contributed by atoms with Crippen LogP contribution in [0.4, 0.5) is 4.79 Å². The summed E-state index contributed by atoms with van der Waals surface area (Å²) in [6.45, 7) is 4.38. The number of amides is 2. The molecule has 0 aromatic heterocycles. The molecule has 0 fully saturated rings. The van der Waals surface area contributed by atoms with E-state index < -0.39 is 5.97 Å². The van der Waals surface area contributed by atoms with Crippen molar-refractivity contribution in [2.75, 3.05) is 13.6 Å². The number of hydrogen-bond acceptors (Lipinski definition) is 3. The van der Waals surface area contributed by atoms with Gasteiger partial charge in [-0.05, 0) is 19.9 Å². The zero-order valence-electron chi connectivity index (χ0n) is 12.6. The maximum absolute atomic E-state index is 11.8. The fourth-order valence-electron chi connectivity index (χ4n) is 1.69. The second kappa shape index (κ2) is 8.14. The van der Waals surface area contributed by atoms with Crippen molar-refractivity contribution >= 4 is 12.0 Å². The van der Waals surface area contributed by atoms with Gasteiger partial charge in [0.2, 0.25) is 0 Å². The Morgan fingerprint density at radius 1 is 1.33 bits per heavy atom. The molecule has 0 spiro atoms. The molecule has 0 aliphatic heterocycles. The first-order chi connectivity index (χ1) is 9.90. The molecule has 116 valence electrons. The highest BCUT2D eigenvalue weighted by Crippen LogP contribution is 2.19. The van der Waals surface area contributed by atoms with E-state index in [2.05, 4.69) is 5.32 Å². The number of nitrogens with one attached hydrogen (secondary N) is 1. The minimum absolute atomic E-state index is 0.0556. The summed E-state index contributed by atoms with van der Waals surface area (Å²) in [5.41, 5.74) is 0.881. The Kier molecular flexibility index (Phi) is 6.52. The first kappa shape index (κ1) is 16.8. The molecule has 0 saturated heterocycles. The van der Waals surface area contributed by atoms with Crippen LogP contribution < -0.4 is 10.1 Å². The first-order valence-electron chi connectivity index (χ1n) is 6.85. The van der Waals surface area contributed by atoms with E-state index >= 15 is 0 Å². The van der Waals surface area contributed by atoms with Gasteiger partial charge in [-0.25, -0.2) is 4.79 Å². The van der Waals surface area contributed by atoms with Crippen molar-refractivity contribution in [2.24, 2.45) is 0 Å². The summed E-state index contributed by atoms with van der Waals surface area (Å²) in [6, 6.07) is 7.19. The third-order valence-corrected chi connectivity index (χ3v) is 2.77. The summed E-state index contributed by atoms with van der Waals surface area (Å²) >= 11 is 0. The lowest BCUT2D eigenvalue weighted by Crippen LogP contribution is -2.38. The number of ether oxygens (including phenoxy) is 1. The smallest absolute Gasteiger partial charge is 0.317 e. The van der Waals surface area contributed by atoms with Crippen LogP contribution in [0, 0.1) is 0 Å². The summed E-state index contributed by atoms with van der Waals surface area (Å²) in [6.07, 6.45) is -0.0168. The molecule has 1 aromatic carbocycles. The Hall–Kier alpha value is -2.24. The maximum atomic E-state index is 11.8. The quantitative estimate of drug-likeness (QED) is 0.807. The molecule has 0 aliphatic carbocycles. The molecule has 21 heavy (non-hydrogen) atoms. The number of rotatable bonds is 7. The number of carbonyl (C=O) groups excluding carboxylic acids is 1. The number of carbonyl (C=O) groups is 2. The van der Waals surface area contributed by atoms with Crippen molar-refractivity contribution in [3.8, 4) is 5.75 Å². The fourth-order valence-corrected chi connectivity index (χ4v) is 1.69. The summed E-state index contributed by atoms with van der Waals surface area (Å²) in [7, 11) is 1.56. The third-order valence-electron chi connectivity index (χ3n) is 2.77. The Morgan fingerprint density at radius 2 is 2.00 bits per heavy atom. The largest absolute Gasteiger partial charge is 0.491 e. The second-order valence-electron chi connectivity index (χ2n) is 5.00. The van der Waals surface area contributed by atoms with Crippen LogP contribution in [-0.4, -0.2) is 41.7 Å². The highest BCUT2D eigenvalue weighted by atomic mass is 16.5. The number of carboxylic acid groups (broad SMARTS) is 1. The summed E-state index contributed by atoms with van der Waals surface area (Å²) < 4.78 is 5.67. The number of aliphatic carboxylic acids is 1. The van der Waals surface area contributed by atoms with Crippen LogP contribution in [0.2, 0.25) is 0 Å². The van der Waals surface area contributed by atoms with Gasteiger partial charge in [0.25, 0.3) is 0 Å². The van der Waals surface area contributed by atoms with E-state index in [-0.39, 0.29) is 25.1 Å². The predicted octanol–water partition coefficient (Wildman–Crippen LogP) is 2.09. The molecular weight excluding hydrogens is 272 g/mol. The van der Waals surface area contributed by atoms with Crippen molar-refractivity contribution in [2.45, 2.75) is 32.9 Å². The number of benzene rings is 1. The van der Waals surface area contributed by atoms with E-state index in [1.165, 1.54) is 4.90 Å². The number of hydrogen-bond donors (Lipinski definition) is 2. The average molecular weight is 294 g/mol. The van der Waals surface area contributed by atoms with Gasteiger partial charge < -0.3 is 20.1 Å². The van der Waals surface area contributed by atoms with E-state index in [4.69, 9.17) is 9.84 Å². The molecule has 0 bridgehead atoms. The van der Waals surface area contributed by atoms with Gasteiger partial charge in [0.15, 0.2) is 0 Å². The highest BCUT2D eigenvalue weighted by Gasteiger charge is 2.11. The Balaban J connectivity index is 2.54. The van der Waals surface area contributed by atoms with Gasteiger partial charge >= 0.3 is 12.0 Å². The van der Waals surface area contributed by atoms with Gasteiger partial charge in [-0.3, -0.25) is 4.79 Å². The van der Waals surface area contributed by atoms with E-state index in [1.54, 1.807) is 7.05 Å². The van der Waals surface area contributed by atoms with Crippen LogP contribution >= 0.6 is 0 Å². The standard InChI is InChI=1S/C15H22N2O4/c1-11(2)21-13-7-5-4-6-12(13)10-16-15(20)17(3)9-8-14(18)19/h4-7,11H,8-10H2,1-3H3,(H,16,20)(H,18,19). The minimum Gasteiger partial charge on any atom is -0.491 e. The van der Waals surface area contributed by atoms with Crippen LogP contribution in [0.5, 0.6) is 5.75 Å². The van der Waals surface area contributed by atoms with Crippen LogP contribution in [0.15, 0.2) is 24.3 Å². The number of urea groups is 1. The second-order valence-corrected chi connectivity index (χ2v) is 5.00. The monoisotopic (exact) mass is 294 g/mol. The zero-order valence-corrected chi connectivity index (χ0v) is 12.6. The lowest BCUT2D eigenvalue weighted by molar-refractivity contribution is -0.137. The summed E-state index contributed by atoms with van der Waals surface area (Å²) in [5, 5.41) is 11.3. The van der Waals surface area contributed by atoms with E-state index in [1.807, 2.05) is 38.1 Å². The molecule has 0 heterocycles. The van der Waals surface area contributed by atoms with E-state index in [0.717, 1.165) is 11.3 Å². The van der Waals surface area contributed by atoms with Crippen molar-refractivity contribution in [1.82, 2.24) is 10.2 Å². The molecule has 0 saturated carbocycles. The van der Waals surface area contributed by atoms with Gasteiger partial charge in [0.1, 0.15) is 5.75 Å². The lowest BCUT2D eigenvalue weighted by atomic mass is 10.2. The molecule has 1 rings (SSSR count). The van der Waals surface area contributed by atoms with Crippen LogP contribution in [0.25, 0.3) is 0 Å². The highest BCUT2D eigenvalue weighted by molar-refractivity contribution is 5.75. The Bertz CT molecular complexity index is 488. The lowest BCUT2D eigenvalue weighted by Gasteiger charge is -2.18. The van der Waals surface area contributed by atoms with Crippen LogP contribution in [0.3, 0.4) is 0 Å². The van der Waals surface area contributed by atoms with Gasteiger partial charge in [-0.2, -0.15) is 0 Å². The first-order valence-corrected chi connectivity index (χ1v) is 6.85. The molecule has 0 unspecified atom stereocenters. The van der Waals surface area contributed by atoms with Crippen LogP contribution in [-0.2, 0) is 11.3 Å². The molecule has 0 radical (unpaired) electrons. The Labute approximate surface area is 124 Å². The number of nitrogens with zero attached hydrogens (tertiary/aromatic N) is 1. The van der Waals surface area contributed by atoms with Crippen LogP contribution in [0.1, 0.15) is 25.8 Å². The number of carboxylic acids is 1. The van der Waals surface area contributed by atoms with Gasteiger partial charge in [0, 0.05) is 25.7 Å². The van der Waals surface area contributed by atoms with Gasteiger partial charge in [0.05, 0.1) is 12.5 Å². The maximum Gasteiger partial charge on any atom is 0.317 e. The topological polar surface area (TPSA) is 78.9 Å². The van der Waals surface area contributed by atoms with Crippen molar-refractivity contribution in [1.29, 1.82) is 0 Å². The molecule has 2 N–H and O–H groups in total. The summed E-state index contributed by atoms with van der Waals surface area (Å²) in [5.74, 6) is -0.189. The Morgan fingerprint density at radius 3 is 2.62 bits per heavy atom. The summed E-state index contributed by atoms with van der Waals surface area (Å²) in [4.78, 5) is 23.7. The molecule has 6 heteroatoms. The third kappa shape index (κ3) is 6.16. The average Bonchev–Trinajstić information content (AvgIpc) is 2.42. The molecular formula is C15H22N2O4. The molecule has 0 aliphatic rings. The fraction of sp³-hybridized carbons (Fsp3) is 0.467. The molecule has 1 aromatic rings. The van der Waals surface area contributed by atoms with E-state index in [9.17, 15) is 9.59 Å². The molecule has 6 nitrogen and oxygen atoms in total. The van der Waals surface area contributed by atoms with Crippen molar-refractivity contribution in [3.63, 3.8) is 0 Å². The SMILES string of the molecule is CC(C)Oc1ccccc1CNC(=O)N(C)CCC(=O)O. The van der Waals surface area contributed by atoms with Gasteiger partial charge in [-0.15, -0.1) is 0 Å². The normalized spacial score (nSPS) is 10.3. The molecule has 2 amide bonds. The zero-order chi connectivity index (χ0) is 15.8. The predicted molar refractivity (Wildman–Crippen MR) is 79.3 cm³/mol. The molecule has 0 atom stereocenters. The number of para-hydroxylation sites is 1. The van der Waals surface area contributed by atoms with E-state index in [0.29, 0.717) is 6.54 Å². The minimum atomic E-state index is -0.926. The van der Waals surface area contributed by atoms with Crippen molar-refractivity contribution in [3.05, 3.63) is 29.8 Å².